The van der Waals surface area contributed by atoms with Crippen molar-refractivity contribution < 1.29 is 18.3 Å². The van der Waals surface area contributed by atoms with Crippen LogP contribution in [0.15, 0.2) is 41.7 Å². The Morgan fingerprint density at radius 2 is 2.02 bits per heavy atom. The molecular weight excluding hydrogens is 552 g/mol. The highest BCUT2D eigenvalue weighted by molar-refractivity contribution is 6.35. The van der Waals surface area contributed by atoms with Gasteiger partial charge in [0.05, 0.1) is 16.6 Å². The van der Waals surface area contributed by atoms with Crippen LogP contribution < -0.4 is 15.3 Å². The summed E-state index contributed by atoms with van der Waals surface area (Å²) in [7, 11) is 0. The van der Waals surface area contributed by atoms with E-state index in [1.807, 2.05) is 11.8 Å². The van der Waals surface area contributed by atoms with Crippen molar-refractivity contribution in [1.82, 2.24) is 19.4 Å². The van der Waals surface area contributed by atoms with Crippen molar-refractivity contribution in [1.29, 1.82) is 0 Å². The minimum absolute atomic E-state index is 0.0896. The van der Waals surface area contributed by atoms with Crippen LogP contribution in [0.4, 0.5) is 14.6 Å². The molecule has 0 saturated carbocycles. The van der Waals surface area contributed by atoms with Gasteiger partial charge in [0, 0.05) is 48.3 Å². The van der Waals surface area contributed by atoms with Crippen molar-refractivity contribution in [3.63, 3.8) is 0 Å². The summed E-state index contributed by atoms with van der Waals surface area (Å²) in [5.74, 6) is -0.900. The van der Waals surface area contributed by atoms with Crippen molar-refractivity contribution in [3.05, 3.63) is 64.1 Å². The molecule has 6 rings (SSSR count). The molecule has 0 bridgehead atoms. The van der Waals surface area contributed by atoms with Gasteiger partial charge in [0.2, 0.25) is 5.91 Å². The second-order valence-corrected chi connectivity index (χ2v) is 11.4. The van der Waals surface area contributed by atoms with Crippen LogP contribution in [0.25, 0.3) is 22.0 Å². The number of hydrogen-bond acceptors (Lipinski definition) is 6. The molecule has 1 unspecified atom stereocenters. The predicted octanol–water partition coefficient (Wildman–Crippen LogP) is 4.64. The molecule has 0 spiro atoms. The zero-order chi connectivity index (χ0) is 28.8. The zero-order valence-electron chi connectivity index (χ0n) is 22.9. The second kappa shape index (κ2) is 11.1. The molecular formula is C30H32ClF2N5O3. The van der Waals surface area contributed by atoms with Crippen molar-refractivity contribution in [3.8, 4) is 16.9 Å². The van der Waals surface area contributed by atoms with Crippen molar-refractivity contribution in [2.45, 2.75) is 38.3 Å². The molecule has 11 heteroatoms. The molecule has 216 valence electrons. The Kier molecular flexibility index (Phi) is 7.46. The van der Waals surface area contributed by atoms with Gasteiger partial charge < -0.3 is 19.4 Å². The first-order valence-corrected chi connectivity index (χ1v) is 14.4. The largest absolute Gasteiger partial charge is 0.488 e. The Labute approximate surface area is 241 Å². The summed E-state index contributed by atoms with van der Waals surface area (Å²) in [5, 5.41) is 0.814. The Hall–Kier alpha value is -3.50. The fraction of sp³-hybridized carbons (Fsp3) is 0.433. The molecule has 3 aromatic rings. The van der Waals surface area contributed by atoms with E-state index in [9.17, 15) is 14.0 Å². The highest BCUT2D eigenvalue weighted by Gasteiger charge is 2.34. The first kappa shape index (κ1) is 27.7. The van der Waals surface area contributed by atoms with Gasteiger partial charge in [0.1, 0.15) is 24.1 Å². The van der Waals surface area contributed by atoms with E-state index in [4.69, 9.17) is 16.3 Å². The van der Waals surface area contributed by atoms with Crippen LogP contribution in [0, 0.1) is 11.6 Å². The predicted molar refractivity (Wildman–Crippen MR) is 155 cm³/mol. The maximum Gasteiger partial charge on any atom is 0.350 e. The Balaban J connectivity index is 1.49. The fourth-order valence-electron chi connectivity index (χ4n) is 6.19. The summed E-state index contributed by atoms with van der Waals surface area (Å²) in [6.07, 6.45) is 4.12. The van der Waals surface area contributed by atoms with E-state index in [0.717, 1.165) is 32.1 Å². The SMILES string of the molecule is C=CC(=O)N1CCN(c2nc(=O)n3c4c(c(-c5ccc(F)cc5F)c(Cl)cc24)OCC3CCCN2CCC2)[C@@H](C)C1. The van der Waals surface area contributed by atoms with Crippen molar-refractivity contribution in [2.24, 2.45) is 0 Å². The third-order valence-corrected chi connectivity index (χ3v) is 8.73. The summed E-state index contributed by atoms with van der Waals surface area (Å²) >= 11 is 6.81. The molecule has 0 N–H and O–H groups in total. The van der Waals surface area contributed by atoms with E-state index in [1.54, 1.807) is 15.5 Å². The average Bonchev–Trinajstić information content (AvgIpc) is 2.92. The number of ether oxygens (including phenoxy) is 1. The second-order valence-electron chi connectivity index (χ2n) is 11.0. The molecule has 2 fully saturated rings. The maximum absolute atomic E-state index is 15.1. The number of hydrogen-bond donors (Lipinski definition) is 0. The monoisotopic (exact) mass is 583 g/mol. The zero-order valence-corrected chi connectivity index (χ0v) is 23.7. The van der Waals surface area contributed by atoms with Gasteiger partial charge in [-0.3, -0.25) is 9.36 Å². The number of likely N-dealkylation sites (tertiary alicyclic amines) is 1. The number of piperazine rings is 1. The Morgan fingerprint density at radius 3 is 2.71 bits per heavy atom. The highest BCUT2D eigenvalue weighted by atomic mass is 35.5. The van der Waals surface area contributed by atoms with E-state index in [-0.39, 0.29) is 46.5 Å². The molecule has 1 amide bonds. The third kappa shape index (κ3) is 4.97. The third-order valence-electron chi connectivity index (χ3n) is 8.43. The van der Waals surface area contributed by atoms with Crippen molar-refractivity contribution >= 4 is 34.2 Å². The molecule has 3 aliphatic heterocycles. The van der Waals surface area contributed by atoms with E-state index in [0.29, 0.717) is 42.8 Å². The standard InChI is InChI=1S/C30H32ClF2N5O3/c1-3-25(39)36-12-13-37(18(2)16-36)29-22-15-23(31)26(21-8-7-19(32)14-24(21)33)28-27(22)38(30(40)34-29)20(17-41-28)6-4-9-35-10-5-11-35/h3,7-8,14-15,18,20H,1,4-6,9-13,16-17H2,2H3/t18-,20?/m0/s1. The summed E-state index contributed by atoms with van der Waals surface area (Å²) in [4.78, 5) is 36.7. The molecule has 1 aromatic heterocycles. The van der Waals surface area contributed by atoms with Gasteiger partial charge in [-0.25, -0.2) is 13.6 Å². The van der Waals surface area contributed by atoms with E-state index in [2.05, 4.69) is 16.5 Å². The number of benzene rings is 2. The molecule has 3 aliphatic rings. The minimum Gasteiger partial charge on any atom is -0.488 e. The first-order chi connectivity index (χ1) is 19.8. The first-order valence-electron chi connectivity index (χ1n) is 14.0. The Bertz CT molecular complexity index is 1590. The maximum atomic E-state index is 15.1. The smallest absolute Gasteiger partial charge is 0.350 e. The molecule has 0 radical (unpaired) electrons. The molecule has 8 nitrogen and oxygen atoms in total. The molecule has 2 atom stereocenters. The summed E-state index contributed by atoms with van der Waals surface area (Å²) < 4.78 is 36.8. The number of amides is 1. The van der Waals surface area contributed by atoms with Crippen LogP contribution in [0.5, 0.6) is 5.75 Å². The van der Waals surface area contributed by atoms with Crippen LogP contribution >= 0.6 is 11.6 Å². The fourth-order valence-corrected chi connectivity index (χ4v) is 6.49. The van der Waals surface area contributed by atoms with E-state index < -0.39 is 17.3 Å². The summed E-state index contributed by atoms with van der Waals surface area (Å²) in [6.45, 7) is 10.2. The van der Waals surface area contributed by atoms with Crippen LogP contribution in [-0.4, -0.2) is 77.2 Å². The lowest BCUT2D eigenvalue weighted by Crippen LogP contribution is -2.54. The van der Waals surface area contributed by atoms with Gasteiger partial charge in [-0.15, -0.1) is 0 Å². The van der Waals surface area contributed by atoms with Crippen LogP contribution in [-0.2, 0) is 4.79 Å². The number of halogens is 3. The molecule has 41 heavy (non-hydrogen) atoms. The van der Waals surface area contributed by atoms with Gasteiger partial charge >= 0.3 is 5.69 Å². The van der Waals surface area contributed by atoms with Gasteiger partial charge in [-0.2, -0.15) is 4.98 Å². The normalized spacial score (nSPS) is 20.6. The minimum atomic E-state index is -0.775. The highest BCUT2D eigenvalue weighted by Crippen LogP contribution is 2.47. The number of aromatic nitrogens is 2. The molecule has 2 aromatic carbocycles. The summed E-state index contributed by atoms with van der Waals surface area (Å²) in [5.41, 5.74) is 0.443. The van der Waals surface area contributed by atoms with Gasteiger partial charge in [0.15, 0.2) is 5.75 Å². The lowest BCUT2D eigenvalue weighted by molar-refractivity contribution is -0.126. The topological polar surface area (TPSA) is 70.9 Å². The number of rotatable bonds is 7. The van der Waals surface area contributed by atoms with E-state index >= 15 is 4.39 Å². The van der Waals surface area contributed by atoms with E-state index in [1.165, 1.54) is 24.6 Å². The van der Waals surface area contributed by atoms with Gasteiger partial charge in [0.25, 0.3) is 0 Å². The lowest BCUT2D eigenvalue weighted by Gasteiger charge is -2.41. The van der Waals surface area contributed by atoms with Crippen LogP contribution in [0.1, 0.15) is 32.2 Å². The molecule has 4 heterocycles. The van der Waals surface area contributed by atoms with Crippen LogP contribution in [0.2, 0.25) is 5.02 Å². The molecule has 2 saturated heterocycles. The lowest BCUT2D eigenvalue weighted by atomic mass is 9.98. The van der Waals surface area contributed by atoms with Gasteiger partial charge in [-0.1, -0.05) is 18.2 Å². The number of nitrogens with zero attached hydrogens (tertiary/aromatic N) is 5. The molecule has 0 aliphatic carbocycles. The number of carbonyl (C=O) groups excluding carboxylic acids is 1. The van der Waals surface area contributed by atoms with Crippen molar-refractivity contribution in [2.75, 3.05) is 50.8 Å². The summed E-state index contributed by atoms with van der Waals surface area (Å²) in [6, 6.07) is 4.60. The average molecular weight is 584 g/mol. The Morgan fingerprint density at radius 1 is 1.22 bits per heavy atom. The van der Waals surface area contributed by atoms with Crippen LogP contribution in [0.3, 0.4) is 0 Å². The number of carbonyl (C=O) groups is 1. The van der Waals surface area contributed by atoms with Gasteiger partial charge in [-0.05, 0) is 70.1 Å². The quantitative estimate of drug-likeness (QED) is 0.378. The number of anilines is 1.